The standard InChI is InChI=1S/C20H26N2O4/c1-13-6-7-17-16(8-13)22(19(24)11-26-17)10-18(23)21-9-14(2)20(25,12-21)15-4-3-5-15/h6-8,14-15,25H,3-5,9-12H2,1-2H3/t14-,20+/m1/s1. The Hall–Kier alpha value is -2.08. The van der Waals surface area contributed by atoms with Crippen molar-refractivity contribution in [2.75, 3.05) is 31.1 Å². The van der Waals surface area contributed by atoms with Crippen LogP contribution in [-0.4, -0.2) is 53.7 Å². The van der Waals surface area contributed by atoms with E-state index < -0.39 is 5.60 Å². The number of β-amino-alcohol motifs (C(OH)–C–C–N with tert-alkyl or cyclic N) is 1. The molecular weight excluding hydrogens is 332 g/mol. The first-order valence-corrected chi connectivity index (χ1v) is 9.42. The molecule has 1 aliphatic carbocycles. The van der Waals surface area contributed by atoms with Crippen molar-refractivity contribution in [3.63, 3.8) is 0 Å². The quantitative estimate of drug-likeness (QED) is 0.893. The first kappa shape index (κ1) is 17.3. The van der Waals surface area contributed by atoms with E-state index in [1.54, 1.807) is 4.90 Å². The maximum absolute atomic E-state index is 12.9. The highest BCUT2D eigenvalue weighted by molar-refractivity contribution is 6.02. The number of nitrogens with zero attached hydrogens (tertiary/aromatic N) is 2. The third kappa shape index (κ3) is 2.76. The molecule has 0 radical (unpaired) electrons. The van der Waals surface area contributed by atoms with E-state index in [9.17, 15) is 14.7 Å². The van der Waals surface area contributed by atoms with Crippen LogP contribution >= 0.6 is 0 Å². The molecular formula is C20H26N2O4. The highest BCUT2D eigenvalue weighted by Gasteiger charge is 2.51. The fourth-order valence-corrected chi connectivity index (χ4v) is 4.37. The van der Waals surface area contributed by atoms with Gasteiger partial charge in [-0.2, -0.15) is 0 Å². The van der Waals surface area contributed by atoms with Crippen molar-refractivity contribution in [3.05, 3.63) is 23.8 Å². The van der Waals surface area contributed by atoms with Gasteiger partial charge in [-0.05, 0) is 43.4 Å². The zero-order valence-corrected chi connectivity index (χ0v) is 15.4. The summed E-state index contributed by atoms with van der Waals surface area (Å²) < 4.78 is 5.48. The molecule has 2 amide bonds. The van der Waals surface area contributed by atoms with Gasteiger partial charge < -0.3 is 14.7 Å². The molecule has 1 aromatic carbocycles. The maximum atomic E-state index is 12.9. The van der Waals surface area contributed by atoms with Gasteiger partial charge in [-0.15, -0.1) is 0 Å². The van der Waals surface area contributed by atoms with Gasteiger partial charge in [0.2, 0.25) is 5.91 Å². The van der Waals surface area contributed by atoms with Gasteiger partial charge in [0.25, 0.3) is 5.91 Å². The van der Waals surface area contributed by atoms with Gasteiger partial charge in [0.05, 0.1) is 17.8 Å². The highest BCUT2D eigenvalue weighted by Crippen LogP contribution is 2.44. The zero-order chi connectivity index (χ0) is 18.5. The van der Waals surface area contributed by atoms with Gasteiger partial charge >= 0.3 is 0 Å². The topological polar surface area (TPSA) is 70.1 Å². The molecule has 2 atom stereocenters. The zero-order valence-electron chi connectivity index (χ0n) is 15.4. The van der Waals surface area contributed by atoms with Crippen LogP contribution < -0.4 is 9.64 Å². The van der Waals surface area contributed by atoms with Crippen LogP contribution in [0.3, 0.4) is 0 Å². The molecule has 3 aliphatic rings. The third-order valence-corrected chi connectivity index (χ3v) is 6.31. The Labute approximate surface area is 153 Å². The number of aliphatic hydroxyl groups is 1. The first-order chi connectivity index (χ1) is 12.4. The first-order valence-electron chi connectivity index (χ1n) is 9.42. The Morgan fingerprint density at radius 2 is 2.15 bits per heavy atom. The van der Waals surface area contributed by atoms with E-state index >= 15 is 0 Å². The minimum absolute atomic E-state index is 0.00782. The normalized spacial score (nSPS) is 28.6. The molecule has 0 aromatic heterocycles. The van der Waals surface area contributed by atoms with Gasteiger partial charge in [0, 0.05) is 12.5 Å². The molecule has 4 rings (SSSR count). The summed E-state index contributed by atoms with van der Waals surface area (Å²) >= 11 is 0. The van der Waals surface area contributed by atoms with Crippen molar-refractivity contribution in [2.24, 2.45) is 11.8 Å². The second kappa shape index (κ2) is 6.27. The lowest BCUT2D eigenvalue weighted by Crippen LogP contribution is -2.49. The number of aryl methyl sites for hydroxylation is 1. The number of rotatable bonds is 3. The fraction of sp³-hybridized carbons (Fsp3) is 0.600. The van der Waals surface area contributed by atoms with Gasteiger partial charge in [-0.25, -0.2) is 0 Å². The number of carbonyl (C=O) groups excluding carboxylic acids is 2. The summed E-state index contributed by atoms with van der Waals surface area (Å²) in [7, 11) is 0. The monoisotopic (exact) mass is 358 g/mol. The Balaban J connectivity index is 1.50. The predicted molar refractivity (Wildman–Crippen MR) is 97.1 cm³/mol. The van der Waals surface area contributed by atoms with Gasteiger partial charge in [0.15, 0.2) is 6.61 Å². The molecule has 0 spiro atoms. The second-order valence-corrected chi connectivity index (χ2v) is 8.03. The number of carbonyl (C=O) groups is 2. The van der Waals surface area contributed by atoms with E-state index in [2.05, 4.69) is 0 Å². The minimum atomic E-state index is -0.780. The number of likely N-dealkylation sites (tertiary alicyclic amines) is 1. The molecule has 0 bridgehead atoms. The van der Waals surface area contributed by atoms with Gasteiger partial charge in [-0.1, -0.05) is 19.4 Å². The smallest absolute Gasteiger partial charge is 0.265 e. The molecule has 1 aromatic rings. The van der Waals surface area contributed by atoms with Crippen LogP contribution in [0.25, 0.3) is 0 Å². The van der Waals surface area contributed by atoms with Crippen molar-refractivity contribution >= 4 is 17.5 Å². The van der Waals surface area contributed by atoms with Crippen LogP contribution in [0, 0.1) is 18.8 Å². The van der Waals surface area contributed by atoms with Crippen LogP contribution in [0.4, 0.5) is 5.69 Å². The number of ether oxygens (including phenoxy) is 1. The van der Waals surface area contributed by atoms with Gasteiger partial charge in [-0.3, -0.25) is 14.5 Å². The molecule has 2 heterocycles. The van der Waals surface area contributed by atoms with E-state index in [0.717, 1.165) is 24.8 Å². The van der Waals surface area contributed by atoms with Crippen molar-refractivity contribution in [1.29, 1.82) is 0 Å². The van der Waals surface area contributed by atoms with E-state index in [4.69, 9.17) is 4.74 Å². The van der Waals surface area contributed by atoms with E-state index in [1.807, 2.05) is 32.0 Å². The number of hydrogen-bond donors (Lipinski definition) is 1. The second-order valence-electron chi connectivity index (χ2n) is 8.03. The summed E-state index contributed by atoms with van der Waals surface area (Å²) in [6.45, 7) is 4.82. The Morgan fingerprint density at radius 3 is 2.85 bits per heavy atom. The average molecular weight is 358 g/mol. The summed E-state index contributed by atoms with van der Waals surface area (Å²) in [6.07, 6.45) is 3.24. The third-order valence-electron chi connectivity index (χ3n) is 6.31. The largest absolute Gasteiger partial charge is 0.482 e. The SMILES string of the molecule is Cc1ccc2c(c1)N(CC(=O)N1C[C@@H](C)[C@](O)(C3CCC3)C1)C(=O)CO2. The van der Waals surface area contributed by atoms with E-state index in [0.29, 0.717) is 30.4 Å². The van der Waals surface area contributed by atoms with Crippen molar-refractivity contribution in [2.45, 2.75) is 38.7 Å². The summed E-state index contributed by atoms with van der Waals surface area (Å²) in [4.78, 5) is 28.5. The summed E-state index contributed by atoms with van der Waals surface area (Å²) in [6, 6.07) is 5.63. The maximum Gasteiger partial charge on any atom is 0.265 e. The van der Waals surface area contributed by atoms with Crippen LogP contribution in [0.15, 0.2) is 18.2 Å². The number of fused-ring (bicyclic) bond motifs is 1. The van der Waals surface area contributed by atoms with Crippen LogP contribution in [0.2, 0.25) is 0 Å². The van der Waals surface area contributed by atoms with Crippen LogP contribution in [0.5, 0.6) is 5.75 Å². The summed E-state index contributed by atoms with van der Waals surface area (Å²) in [5.74, 6) is 0.659. The molecule has 26 heavy (non-hydrogen) atoms. The molecule has 140 valence electrons. The molecule has 1 saturated heterocycles. The molecule has 2 fully saturated rings. The van der Waals surface area contributed by atoms with Crippen LogP contribution in [-0.2, 0) is 9.59 Å². The lowest BCUT2D eigenvalue weighted by molar-refractivity contribution is -0.132. The lowest BCUT2D eigenvalue weighted by Gasteiger charge is -2.41. The van der Waals surface area contributed by atoms with Crippen LogP contribution in [0.1, 0.15) is 31.7 Å². The van der Waals surface area contributed by atoms with Crippen molar-refractivity contribution in [1.82, 2.24) is 4.90 Å². The summed E-state index contributed by atoms with van der Waals surface area (Å²) in [5.41, 5.74) is 0.877. The fourth-order valence-electron chi connectivity index (χ4n) is 4.37. The highest BCUT2D eigenvalue weighted by atomic mass is 16.5. The van der Waals surface area contributed by atoms with E-state index in [1.165, 1.54) is 4.90 Å². The molecule has 6 nitrogen and oxygen atoms in total. The predicted octanol–water partition coefficient (Wildman–Crippen LogP) is 1.73. The Kier molecular flexibility index (Phi) is 4.18. The van der Waals surface area contributed by atoms with Crippen molar-refractivity contribution < 1.29 is 19.4 Å². The molecule has 1 saturated carbocycles. The minimum Gasteiger partial charge on any atom is -0.482 e. The number of anilines is 1. The molecule has 0 unspecified atom stereocenters. The summed E-state index contributed by atoms with van der Waals surface area (Å²) in [5, 5.41) is 11.1. The molecule has 6 heteroatoms. The van der Waals surface area contributed by atoms with Crippen molar-refractivity contribution in [3.8, 4) is 5.75 Å². The Morgan fingerprint density at radius 1 is 1.38 bits per heavy atom. The number of hydrogen-bond acceptors (Lipinski definition) is 4. The molecule has 2 aliphatic heterocycles. The van der Waals surface area contributed by atoms with Gasteiger partial charge in [0.1, 0.15) is 12.3 Å². The lowest BCUT2D eigenvalue weighted by atomic mass is 9.69. The van der Waals surface area contributed by atoms with E-state index in [-0.39, 0.29) is 30.9 Å². The molecule has 1 N–H and O–H groups in total. The number of amides is 2. The number of benzene rings is 1. The average Bonchev–Trinajstić information content (AvgIpc) is 2.84. The Bertz CT molecular complexity index is 745.